The minimum absolute atomic E-state index is 0.233. The first-order valence-corrected chi connectivity index (χ1v) is 7.18. The number of nitrogens with one attached hydrogen (secondary N) is 1. The molecule has 1 fully saturated rings. The van der Waals surface area contributed by atoms with Crippen molar-refractivity contribution in [1.82, 2.24) is 10.2 Å². The summed E-state index contributed by atoms with van der Waals surface area (Å²) in [7, 11) is 0. The maximum absolute atomic E-state index is 12.7. The van der Waals surface area contributed by atoms with Gasteiger partial charge in [0.25, 0.3) is 0 Å². The first-order valence-electron chi connectivity index (χ1n) is 6.80. The van der Waals surface area contributed by atoms with Crippen LogP contribution in [0.5, 0.6) is 0 Å². The molecule has 0 bridgehead atoms. The molecular formula is C15H14ClN3O3. The Kier molecular flexibility index (Phi) is 4.02. The zero-order chi connectivity index (χ0) is 15.5. The molecule has 0 unspecified atom stereocenters. The minimum atomic E-state index is -0.395. The van der Waals surface area contributed by atoms with E-state index in [1.54, 1.807) is 42.7 Å². The van der Waals surface area contributed by atoms with Gasteiger partial charge in [-0.3, -0.25) is 4.90 Å². The number of anilines is 1. The van der Waals surface area contributed by atoms with Gasteiger partial charge in [-0.2, -0.15) is 0 Å². The smallest absolute Gasteiger partial charge is 0.333 e. The van der Waals surface area contributed by atoms with Crippen LogP contribution in [-0.2, 0) is 6.54 Å². The number of hydrogen-bond donors (Lipinski definition) is 1. The quantitative estimate of drug-likeness (QED) is 0.945. The van der Waals surface area contributed by atoms with Crippen LogP contribution in [-0.4, -0.2) is 30.1 Å². The maximum Gasteiger partial charge on any atom is 0.333 e. The normalized spacial score (nSPS) is 14.0. The van der Waals surface area contributed by atoms with Crippen LogP contribution in [0.15, 0.2) is 47.1 Å². The zero-order valence-corrected chi connectivity index (χ0v) is 12.4. The van der Waals surface area contributed by atoms with E-state index in [1.807, 2.05) is 0 Å². The molecule has 6 nitrogen and oxygen atoms in total. The lowest BCUT2D eigenvalue weighted by molar-refractivity contribution is 0.202. The Morgan fingerprint density at radius 1 is 1.32 bits per heavy atom. The van der Waals surface area contributed by atoms with E-state index in [0.29, 0.717) is 29.6 Å². The van der Waals surface area contributed by atoms with Gasteiger partial charge >= 0.3 is 12.1 Å². The second-order valence-electron chi connectivity index (χ2n) is 4.81. The second kappa shape index (κ2) is 6.11. The molecule has 0 spiro atoms. The molecule has 2 aromatic rings. The van der Waals surface area contributed by atoms with Crippen LogP contribution < -0.4 is 10.2 Å². The maximum atomic E-state index is 12.7. The molecule has 1 aromatic heterocycles. The summed E-state index contributed by atoms with van der Waals surface area (Å²) >= 11 is 5.89. The molecule has 114 valence electrons. The summed E-state index contributed by atoms with van der Waals surface area (Å²) in [5, 5.41) is 3.20. The molecule has 0 radical (unpaired) electrons. The Morgan fingerprint density at radius 3 is 2.68 bits per heavy atom. The Bertz CT molecular complexity index is 670. The van der Waals surface area contributed by atoms with Crippen molar-refractivity contribution in [2.24, 2.45) is 0 Å². The number of imide groups is 1. The van der Waals surface area contributed by atoms with Crippen molar-refractivity contribution in [2.45, 2.75) is 6.54 Å². The van der Waals surface area contributed by atoms with Crippen LogP contribution in [0.1, 0.15) is 5.76 Å². The van der Waals surface area contributed by atoms with Crippen molar-refractivity contribution in [1.29, 1.82) is 0 Å². The van der Waals surface area contributed by atoms with E-state index in [0.717, 1.165) is 0 Å². The lowest BCUT2D eigenvalue weighted by atomic mass is 10.2. The van der Waals surface area contributed by atoms with Gasteiger partial charge in [-0.05, 0) is 36.4 Å². The van der Waals surface area contributed by atoms with Crippen molar-refractivity contribution < 1.29 is 14.0 Å². The monoisotopic (exact) mass is 319 g/mol. The third-order valence-corrected chi connectivity index (χ3v) is 3.60. The van der Waals surface area contributed by atoms with Gasteiger partial charge in [-0.1, -0.05) is 11.6 Å². The van der Waals surface area contributed by atoms with Crippen molar-refractivity contribution in [3.63, 3.8) is 0 Å². The van der Waals surface area contributed by atoms with E-state index in [1.165, 1.54) is 9.80 Å². The van der Waals surface area contributed by atoms with Gasteiger partial charge in [0.1, 0.15) is 5.76 Å². The molecule has 3 rings (SSSR count). The number of furan rings is 1. The number of carbonyl (C=O) groups is 2. The average Bonchev–Trinajstić information content (AvgIpc) is 3.16. The second-order valence-corrected chi connectivity index (χ2v) is 5.24. The minimum Gasteiger partial charge on any atom is -0.467 e. The van der Waals surface area contributed by atoms with Gasteiger partial charge in [-0.25, -0.2) is 14.5 Å². The molecule has 2 heterocycles. The number of amides is 4. The number of hydrogen-bond acceptors (Lipinski definition) is 3. The van der Waals surface area contributed by atoms with Crippen LogP contribution in [0.25, 0.3) is 0 Å². The van der Waals surface area contributed by atoms with Crippen LogP contribution in [0, 0.1) is 0 Å². The SMILES string of the molecule is O=C1NCCN1C(=O)N(Cc1ccco1)c1ccc(Cl)cc1. The van der Waals surface area contributed by atoms with Crippen molar-refractivity contribution >= 4 is 29.4 Å². The molecule has 0 saturated carbocycles. The number of rotatable bonds is 3. The summed E-state index contributed by atoms with van der Waals surface area (Å²) in [6.07, 6.45) is 1.54. The zero-order valence-electron chi connectivity index (χ0n) is 11.7. The van der Waals surface area contributed by atoms with Gasteiger partial charge in [-0.15, -0.1) is 0 Å². The molecule has 1 N–H and O–H groups in total. The summed E-state index contributed by atoms with van der Waals surface area (Å²) in [6, 6.07) is 9.61. The fourth-order valence-corrected chi connectivity index (χ4v) is 2.37. The summed E-state index contributed by atoms with van der Waals surface area (Å²) in [6.45, 7) is 1.04. The van der Waals surface area contributed by atoms with Crippen LogP contribution in [0.2, 0.25) is 5.02 Å². The van der Waals surface area contributed by atoms with Gasteiger partial charge in [0.2, 0.25) is 0 Å². The third-order valence-electron chi connectivity index (χ3n) is 3.35. The molecule has 4 amide bonds. The topological polar surface area (TPSA) is 65.8 Å². The highest BCUT2D eigenvalue weighted by molar-refractivity contribution is 6.30. The number of nitrogens with zero attached hydrogens (tertiary/aromatic N) is 2. The van der Waals surface area contributed by atoms with Crippen LogP contribution in [0.4, 0.5) is 15.3 Å². The van der Waals surface area contributed by atoms with Gasteiger partial charge in [0.05, 0.1) is 12.8 Å². The molecule has 1 saturated heterocycles. The molecule has 1 aliphatic rings. The Hall–Kier alpha value is -2.47. The van der Waals surface area contributed by atoms with E-state index in [2.05, 4.69) is 5.32 Å². The van der Waals surface area contributed by atoms with Gasteiger partial charge < -0.3 is 9.73 Å². The van der Waals surface area contributed by atoms with E-state index < -0.39 is 6.03 Å². The summed E-state index contributed by atoms with van der Waals surface area (Å²) < 4.78 is 5.31. The summed E-state index contributed by atoms with van der Waals surface area (Å²) in [5.74, 6) is 0.628. The molecular weight excluding hydrogens is 306 g/mol. The highest BCUT2D eigenvalue weighted by Crippen LogP contribution is 2.22. The molecule has 1 aromatic carbocycles. The van der Waals surface area contributed by atoms with E-state index in [4.69, 9.17) is 16.0 Å². The van der Waals surface area contributed by atoms with E-state index >= 15 is 0 Å². The first kappa shape index (κ1) is 14.5. The van der Waals surface area contributed by atoms with Crippen LogP contribution in [0.3, 0.4) is 0 Å². The Balaban J connectivity index is 1.89. The largest absolute Gasteiger partial charge is 0.467 e. The van der Waals surface area contributed by atoms with Gasteiger partial charge in [0, 0.05) is 23.8 Å². The predicted octanol–water partition coefficient (Wildman–Crippen LogP) is 3.08. The van der Waals surface area contributed by atoms with Crippen molar-refractivity contribution in [3.8, 4) is 0 Å². The molecule has 7 heteroatoms. The van der Waals surface area contributed by atoms with Crippen molar-refractivity contribution in [3.05, 3.63) is 53.4 Å². The third kappa shape index (κ3) is 2.92. The molecule has 1 aliphatic heterocycles. The van der Waals surface area contributed by atoms with Crippen molar-refractivity contribution in [2.75, 3.05) is 18.0 Å². The fraction of sp³-hybridized carbons (Fsp3) is 0.200. The average molecular weight is 320 g/mol. The Labute approximate surface area is 132 Å². The van der Waals surface area contributed by atoms with Crippen LogP contribution >= 0.6 is 11.6 Å². The number of urea groups is 2. The summed E-state index contributed by atoms with van der Waals surface area (Å²) in [4.78, 5) is 27.1. The number of carbonyl (C=O) groups excluding carboxylic acids is 2. The first-order chi connectivity index (χ1) is 10.6. The highest BCUT2D eigenvalue weighted by Gasteiger charge is 2.31. The highest BCUT2D eigenvalue weighted by atomic mass is 35.5. The number of halogens is 1. The standard InChI is InChI=1S/C15H14ClN3O3/c16-11-3-5-12(6-4-11)19(10-13-2-1-9-22-13)15(21)18-8-7-17-14(18)20/h1-6,9H,7-8,10H2,(H,17,20). The van der Waals surface area contributed by atoms with E-state index in [-0.39, 0.29) is 12.6 Å². The van der Waals surface area contributed by atoms with Gasteiger partial charge in [0.15, 0.2) is 0 Å². The lowest BCUT2D eigenvalue weighted by Gasteiger charge is -2.25. The molecule has 22 heavy (non-hydrogen) atoms. The lowest BCUT2D eigenvalue weighted by Crippen LogP contribution is -2.44. The molecule has 0 aliphatic carbocycles. The fourth-order valence-electron chi connectivity index (χ4n) is 2.25. The number of benzene rings is 1. The predicted molar refractivity (Wildman–Crippen MR) is 81.8 cm³/mol. The summed E-state index contributed by atoms with van der Waals surface area (Å²) in [5.41, 5.74) is 0.644. The molecule has 0 atom stereocenters. The Morgan fingerprint density at radius 2 is 2.09 bits per heavy atom. The van der Waals surface area contributed by atoms with E-state index in [9.17, 15) is 9.59 Å².